The number of aromatic nitrogens is 2. The third-order valence-electron chi connectivity index (χ3n) is 2.07. The van der Waals surface area contributed by atoms with E-state index >= 15 is 0 Å². The smallest absolute Gasteiger partial charge is 0.149 e. The fourth-order valence-electron chi connectivity index (χ4n) is 1.26. The number of hydrogen-bond acceptors (Lipinski definition) is 4. The molecule has 0 aliphatic carbocycles. The van der Waals surface area contributed by atoms with Crippen LogP contribution in [0.2, 0.25) is 0 Å². The highest BCUT2D eigenvalue weighted by molar-refractivity contribution is 5.39. The minimum absolute atomic E-state index is 0.391. The average molecular weight is 182 g/mol. The van der Waals surface area contributed by atoms with Crippen LogP contribution in [-0.4, -0.2) is 29.3 Å². The van der Waals surface area contributed by atoms with Crippen molar-refractivity contribution >= 4 is 5.82 Å². The second-order valence-corrected chi connectivity index (χ2v) is 3.21. The van der Waals surface area contributed by atoms with Crippen molar-refractivity contribution in [3.8, 4) is 0 Å². The van der Waals surface area contributed by atoms with Crippen LogP contribution >= 0.6 is 0 Å². The Kier molecular flexibility index (Phi) is 2.47. The van der Waals surface area contributed by atoms with Gasteiger partial charge in [0.15, 0.2) is 0 Å². The molecule has 2 heterocycles. The molecule has 0 radical (unpaired) electrons. The SMILES string of the molecule is CC1CNc2nc[nH]c2COCN1. The van der Waals surface area contributed by atoms with E-state index in [2.05, 4.69) is 27.5 Å². The van der Waals surface area contributed by atoms with Gasteiger partial charge in [0.25, 0.3) is 0 Å². The maximum Gasteiger partial charge on any atom is 0.149 e. The van der Waals surface area contributed by atoms with Crippen molar-refractivity contribution in [3.63, 3.8) is 0 Å². The molecular weight excluding hydrogens is 168 g/mol. The van der Waals surface area contributed by atoms with Crippen LogP contribution in [-0.2, 0) is 11.3 Å². The summed E-state index contributed by atoms with van der Waals surface area (Å²) in [4.78, 5) is 7.20. The highest BCUT2D eigenvalue weighted by atomic mass is 16.5. The number of hydrogen-bond donors (Lipinski definition) is 3. The summed E-state index contributed by atoms with van der Waals surface area (Å²) < 4.78 is 5.39. The number of rotatable bonds is 0. The molecule has 0 aromatic carbocycles. The second-order valence-electron chi connectivity index (χ2n) is 3.21. The first-order chi connectivity index (χ1) is 6.36. The van der Waals surface area contributed by atoms with Gasteiger partial charge in [-0.3, -0.25) is 5.32 Å². The zero-order chi connectivity index (χ0) is 9.10. The van der Waals surface area contributed by atoms with E-state index in [-0.39, 0.29) is 0 Å². The fraction of sp³-hybridized carbons (Fsp3) is 0.625. The molecule has 0 bridgehead atoms. The molecule has 1 atom stereocenters. The van der Waals surface area contributed by atoms with Gasteiger partial charge in [0.05, 0.1) is 25.4 Å². The van der Waals surface area contributed by atoms with E-state index in [1.54, 1.807) is 6.33 Å². The molecule has 2 rings (SSSR count). The molecule has 3 N–H and O–H groups in total. The van der Waals surface area contributed by atoms with Crippen LogP contribution in [0.15, 0.2) is 6.33 Å². The molecule has 72 valence electrons. The largest absolute Gasteiger partial charge is 0.367 e. The molecule has 0 saturated carbocycles. The molecule has 0 fully saturated rings. The van der Waals surface area contributed by atoms with Gasteiger partial charge in [0.2, 0.25) is 0 Å². The molecule has 13 heavy (non-hydrogen) atoms. The first-order valence-electron chi connectivity index (χ1n) is 4.43. The molecule has 1 aliphatic heterocycles. The van der Waals surface area contributed by atoms with Crippen LogP contribution in [0.1, 0.15) is 12.6 Å². The van der Waals surface area contributed by atoms with E-state index in [9.17, 15) is 0 Å². The minimum Gasteiger partial charge on any atom is -0.367 e. The number of nitrogens with one attached hydrogen (secondary N) is 3. The summed E-state index contributed by atoms with van der Waals surface area (Å²) in [5, 5.41) is 6.47. The summed E-state index contributed by atoms with van der Waals surface area (Å²) in [6, 6.07) is 0.391. The summed E-state index contributed by atoms with van der Waals surface area (Å²) in [5.74, 6) is 0.899. The Morgan fingerprint density at radius 1 is 1.62 bits per heavy atom. The Bertz CT molecular complexity index is 273. The van der Waals surface area contributed by atoms with Gasteiger partial charge in [-0.05, 0) is 6.92 Å². The molecule has 5 nitrogen and oxygen atoms in total. The Labute approximate surface area is 76.9 Å². The number of aromatic amines is 1. The van der Waals surface area contributed by atoms with Gasteiger partial charge < -0.3 is 15.0 Å². The van der Waals surface area contributed by atoms with Crippen LogP contribution < -0.4 is 10.6 Å². The van der Waals surface area contributed by atoms with Crippen molar-refractivity contribution < 1.29 is 4.74 Å². The van der Waals surface area contributed by atoms with Crippen LogP contribution in [0.3, 0.4) is 0 Å². The summed E-state index contributed by atoms with van der Waals surface area (Å²) in [5.41, 5.74) is 1.01. The molecule has 1 aromatic rings. The van der Waals surface area contributed by atoms with E-state index in [0.717, 1.165) is 18.1 Å². The number of nitrogens with zero attached hydrogens (tertiary/aromatic N) is 1. The average Bonchev–Trinajstić information content (AvgIpc) is 2.56. The number of ether oxygens (including phenoxy) is 1. The number of H-pyrrole nitrogens is 1. The van der Waals surface area contributed by atoms with Crippen molar-refractivity contribution in [1.29, 1.82) is 0 Å². The van der Waals surface area contributed by atoms with Gasteiger partial charge in [-0.15, -0.1) is 0 Å². The monoisotopic (exact) mass is 182 g/mol. The Hall–Kier alpha value is -1.07. The lowest BCUT2D eigenvalue weighted by Gasteiger charge is -2.11. The zero-order valence-electron chi connectivity index (χ0n) is 7.63. The molecule has 1 unspecified atom stereocenters. The van der Waals surface area contributed by atoms with Crippen molar-refractivity contribution in [3.05, 3.63) is 12.0 Å². The van der Waals surface area contributed by atoms with Crippen LogP contribution in [0, 0.1) is 0 Å². The number of anilines is 1. The summed E-state index contributed by atoms with van der Waals surface area (Å²) in [7, 11) is 0. The number of fused-ring (bicyclic) bond motifs is 1. The lowest BCUT2D eigenvalue weighted by molar-refractivity contribution is 0.0974. The normalized spacial score (nSPS) is 23.6. The van der Waals surface area contributed by atoms with Crippen LogP contribution in [0.4, 0.5) is 5.82 Å². The molecule has 1 aromatic heterocycles. The van der Waals surface area contributed by atoms with E-state index in [0.29, 0.717) is 19.4 Å². The second kappa shape index (κ2) is 3.76. The van der Waals surface area contributed by atoms with Crippen molar-refractivity contribution in [2.75, 3.05) is 18.6 Å². The van der Waals surface area contributed by atoms with Gasteiger partial charge >= 0.3 is 0 Å². The lowest BCUT2D eigenvalue weighted by Crippen LogP contribution is -2.33. The highest BCUT2D eigenvalue weighted by Gasteiger charge is 2.09. The fourth-order valence-corrected chi connectivity index (χ4v) is 1.26. The highest BCUT2D eigenvalue weighted by Crippen LogP contribution is 2.11. The molecule has 5 heteroatoms. The first-order valence-corrected chi connectivity index (χ1v) is 4.43. The molecular formula is C8H14N4O. The van der Waals surface area contributed by atoms with Crippen molar-refractivity contribution in [1.82, 2.24) is 15.3 Å². The molecule has 0 spiro atoms. The van der Waals surface area contributed by atoms with Gasteiger partial charge in [-0.2, -0.15) is 0 Å². The molecule has 1 aliphatic rings. The predicted octanol–water partition coefficient (Wildman–Crippen LogP) is 0.287. The number of imidazole rings is 1. The maximum atomic E-state index is 5.39. The van der Waals surface area contributed by atoms with E-state index in [1.165, 1.54) is 0 Å². The van der Waals surface area contributed by atoms with E-state index in [1.807, 2.05) is 0 Å². The standard InChI is InChI=1S/C8H14N4O/c1-6-2-9-8-7(10-4-11-8)3-13-5-12-6/h4,6,9,12H,2-3,5H2,1H3,(H,10,11). The van der Waals surface area contributed by atoms with Gasteiger partial charge in [-0.1, -0.05) is 0 Å². The van der Waals surface area contributed by atoms with Gasteiger partial charge in [0, 0.05) is 12.6 Å². The Morgan fingerprint density at radius 3 is 3.46 bits per heavy atom. The summed E-state index contributed by atoms with van der Waals surface area (Å²) in [6.45, 7) is 4.12. The Morgan fingerprint density at radius 2 is 2.54 bits per heavy atom. The first kappa shape index (κ1) is 8.52. The Balaban J connectivity index is 2.10. The van der Waals surface area contributed by atoms with Crippen LogP contribution in [0.25, 0.3) is 0 Å². The van der Waals surface area contributed by atoms with Gasteiger partial charge in [0.1, 0.15) is 5.82 Å². The maximum absolute atomic E-state index is 5.39. The molecule has 0 amide bonds. The summed E-state index contributed by atoms with van der Waals surface area (Å²) in [6.07, 6.45) is 1.68. The topological polar surface area (TPSA) is 62.0 Å². The van der Waals surface area contributed by atoms with Crippen LogP contribution in [0.5, 0.6) is 0 Å². The van der Waals surface area contributed by atoms with Crippen molar-refractivity contribution in [2.24, 2.45) is 0 Å². The zero-order valence-corrected chi connectivity index (χ0v) is 7.63. The third kappa shape index (κ3) is 1.99. The van der Waals surface area contributed by atoms with E-state index < -0.39 is 0 Å². The summed E-state index contributed by atoms with van der Waals surface area (Å²) >= 11 is 0. The quantitative estimate of drug-likeness (QED) is 0.539. The lowest BCUT2D eigenvalue weighted by atomic mass is 10.3. The minimum atomic E-state index is 0.391. The van der Waals surface area contributed by atoms with Gasteiger partial charge in [-0.25, -0.2) is 4.98 Å². The van der Waals surface area contributed by atoms with E-state index in [4.69, 9.17) is 4.74 Å². The molecule has 0 saturated heterocycles. The van der Waals surface area contributed by atoms with Crippen molar-refractivity contribution in [2.45, 2.75) is 19.6 Å². The predicted molar refractivity (Wildman–Crippen MR) is 49.3 cm³/mol. The third-order valence-corrected chi connectivity index (χ3v) is 2.07.